The molecule has 0 fully saturated rings. The molecule has 2 N–H and O–H groups in total. The quantitative estimate of drug-likeness (QED) is 0.102. The Morgan fingerprint density at radius 3 is 2.36 bits per heavy atom. The number of nitrogens with one attached hydrogen (secondary N) is 1. The Hall–Kier alpha value is -2.88. The van der Waals surface area contributed by atoms with Crippen LogP contribution in [0, 0.1) is 18.8 Å². The van der Waals surface area contributed by atoms with Gasteiger partial charge in [0.15, 0.2) is 6.29 Å². The number of unbranched alkanes of at least 4 members (excludes halogenated alkanes) is 2. The molecule has 0 saturated carbocycles. The van der Waals surface area contributed by atoms with E-state index in [9.17, 15) is 9.90 Å². The Kier molecular flexibility index (Phi) is 14.7. The van der Waals surface area contributed by atoms with Crippen molar-refractivity contribution in [2.24, 2.45) is 22.1 Å². The maximum Gasteiger partial charge on any atom is 0.231 e. The number of nitrogens with zero attached hydrogens (tertiary/aromatic N) is 4. The Bertz CT molecular complexity index is 1360. The molecule has 3 rings (SSSR count). The molecule has 0 bridgehead atoms. The molecule has 0 radical (unpaired) electrons. The average Bonchev–Trinajstić information content (AvgIpc) is 3.43. The van der Waals surface area contributed by atoms with Crippen molar-refractivity contribution in [2.75, 3.05) is 29.9 Å². The zero-order valence-corrected chi connectivity index (χ0v) is 28.7. The molecule has 2 aromatic carbocycles. The number of hydrogen-bond donors (Lipinski definition) is 2. The number of aromatic nitrogens is 1. The molecule has 8 nitrogen and oxygen atoms in total. The van der Waals surface area contributed by atoms with Crippen LogP contribution in [0.15, 0.2) is 40.6 Å². The topological polar surface area (TPSA) is 99.4 Å². The predicted molar refractivity (Wildman–Crippen MR) is 185 cm³/mol. The normalized spacial score (nSPS) is 13.8. The fraction of sp³-hybridized carbons (Fsp3) is 0.600. The highest BCUT2D eigenvalue weighted by atomic mass is 32.1. The second-order valence-electron chi connectivity index (χ2n) is 11.8. The summed E-state index contributed by atoms with van der Waals surface area (Å²) in [5.74, 6) is 0.926. The largest absolute Gasteiger partial charge is 0.371 e. The summed E-state index contributed by atoms with van der Waals surface area (Å²) in [4.78, 5) is 19.2. The molecule has 242 valence electrons. The van der Waals surface area contributed by atoms with Crippen LogP contribution in [0.3, 0.4) is 0 Å². The molecule has 1 heterocycles. The van der Waals surface area contributed by atoms with E-state index in [0.29, 0.717) is 40.5 Å². The van der Waals surface area contributed by atoms with Crippen LogP contribution in [0.1, 0.15) is 110 Å². The number of aryl methyl sites for hydroxylation is 1. The first-order valence-corrected chi connectivity index (χ1v) is 17.3. The zero-order chi connectivity index (χ0) is 32.1. The molecule has 1 aromatic heterocycles. The lowest BCUT2D eigenvalue weighted by atomic mass is 9.98. The minimum Gasteiger partial charge on any atom is -0.371 e. The molecule has 3 atom stereocenters. The van der Waals surface area contributed by atoms with Crippen molar-refractivity contribution >= 4 is 49.7 Å². The summed E-state index contributed by atoms with van der Waals surface area (Å²) in [5.41, 5.74) is 4.91. The van der Waals surface area contributed by atoms with E-state index in [1.165, 1.54) is 43.9 Å². The van der Waals surface area contributed by atoms with Gasteiger partial charge in [0.1, 0.15) is 5.69 Å². The van der Waals surface area contributed by atoms with E-state index in [4.69, 9.17) is 4.74 Å². The van der Waals surface area contributed by atoms with Gasteiger partial charge in [-0.3, -0.25) is 4.79 Å². The van der Waals surface area contributed by atoms with Crippen LogP contribution in [-0.2, 0) is 9.53 Å². The lowest BCUT2D eigenvalue weighted by Crippen LogP contribution is -2.30. The number of hydrogen-bond acceptors (Lipinski definition) is 8. The van der Waals surface area contributed by atoms with Gasteiger partial charge in [0.25, 0.3) is 0 Å². The average molecular weight is 624 g/mol. The number of aliphatic hydroxyl groups excluding tert-OH is 1. The molecule has 44 heavy (non-hydrogen) atoms. The van der Waals surface area contributed by atoms with Gasteiger partial charge in [0.05, 0.1) is 22.5 Å². The van der Waals surface area contributed by atoms with Crippen LogP contribution in [0.25, 0.3) is 10.2 Å². The minimum absolute atomic E-state index is 0.155. The summed E-state index contributed by atoms with van der Waals surface area (Å²) in [6.45, 7) is 17.0. The first-order chi connectivity index (χ1) is 21.2. The lowest BCUT2D eigenvalue weighted by molar-refractivity contribution is -0.114. The molecule has 0 aliphatic heterocycles. The van der Waals surface area contributed by atoms with E-state index >= 15 is 0 Å². The van der Waals surface area contributed by atoms with Gasteiger partial charge in [0, 0.05) is 31.3 Å². The minimum atomic E-state index is -0.981. The van der Waals surface area contributed by atoms with Crippen LogP contribution in [0.4, 0.5) is 22.2 Å². The van der Waals surface area contributed by atoms with Crippen molar-refractivity contribution in [3.05, 3.63) is 41.5 Å². The second kappa shape index (κ2) is 18.2. The third kappa shape index (κ3) is 10.3. The summed E-state index contributed by atoms with van der Waals surface area (Å²) in [6.07, 6.45) is 8.33. The van der Waals surface area contributed by atoms with Gasteiger partial charge in [-0.25, -0.2) is 4.98 Å². The van der Waals surface area contributed by atoms with Crippen LogP contribution in [0.2, 0.25) is 0 Å². The van der Waals surface area contributed by atoms with Gasteiger partial charge in [0.2, 0.25) is 11.0 Å². The van der Waals surface area contributed by atoms with E-state index in [1.54, 1.807) is 0 Å². The fourth-order valence-corrected chi connectivity index (χ4v) is 6.30. The Morgan fingerprint density at radius 1 is 1.02 bits per heavy atom. The molecule has 0 aliphatic carbocycles. The Morgan fingerprint density at radius 2 is 1.73 bits per heavy atom. The molecule has 9 heteroatoms. The number of benzene rings is 2. The van der Waals surface area contributed by atoms with Gasteiger partial charge in [-0.15, -0.1) is 10.2 Å². The molecular weight excluding hydrogens is 570 g/mol. The maximum atomic E-state index is 12.1. The number of amides is 1. The first-order valence-electron chi connectivity index (χ1n) is 16.5. The smallest absolute Gasteiger partial charge is 0.231 e. The van der Waals surface area contributed by atoms with Gasteiger partial charge in [-0.2, -0.15) is 0 Å². The van der Waals surface area contributed by atoms with Gasteiger partial charge >= 0.3 is 0 Å². The van der Waals surface area contributed by atoms with Crippen molar-refractivity contribution in [1.82, 2.24) is 4.98 Å². The van der Waals surface area contributed by atoms with Crippen molar-refractivity contribution in [3.63, 3.8) is 0 Å². The highest BCUT2D eigenvalue weighted by Gasteiger charge is 2.18. The molecule has 3 unspecified atom stereocenters. The van der Waals surface area contributed by atoms with E-state index in [2.05, 4.69) is 67.0 Å². The highest BCUT2D eigenvalue weighted by Crippen LogP contribution is 2.37. The summed E-state index contributed by atoms with van der Waals surface area (Å²) >= 11 is 1.41. The van der Waals surface area contributed by atoms with Crippen molar-refractivity contribution in [3.8, 4) is 0 Å². The van der Waals surface area contributed by atoms with E-state index < -0.39 is 6.29 Å². The standard InChI is InChI=1S/C35H53N5O3S/c1-8-13-15-26(10-3)22-40(12-5)32-21-30(36-25(7)41)31(19-24(32)6)38-39-35-37-29-18-17-28(20-33(29)44-35)34(42)43-23-27(11-4)16-14-9-2/h17-21,26-27,34,42H,8-16,22-23H2,1-7H3,(H,36,41). The number of fused-ring (bicyclic) bond motifs is 1. The Labute approximate surface area is 268 Å². The third-order valence-electron chi connectivity index (χ3n) is 8.33. The number of anilines is 2. The molecular formula is C35H53N5O3S. The van der Waals surface area contributed by atoms with Crippen molar-refractivity contribution < 1.29 is 14.6 Å². The number of aliphatic hydroxyl groups is 1. The van der Waals surface area contributed by atoms with Gasteiger partial charge < -0.3 is 20.1 Å². The number of carbonyl (C=O) groups excluding carboxylic acids is 1. The van der Waals surface area contributed by atoms with Crippen LogP contribution >= 0.6 is 11.3 Å². The molecule has 1 amide bonds. The third-order valence-corrected chi connectivity index (χ3v) is 9.23. The van der Waals surface area contributed by atoms with Gasteiger partial charge in [-0.05, 0) is 68.4 Å². The second-order valence-corrected chi connectivity index (χ2v) is 12.8. The maximum absolute atomic E-state index is 12.1. The number of ether oxygens (including phenoxy) is 1. The highest BCUT2D eigenvalue weighted by molar-refractivity contribution is 7.21. The van der Waals surface area contributed by atoms with Crippen LogP contribution in [-0.4, -0.2) is 35.7 Å². The summed E-state index contributed by atoms with van der Waals surface area (Å²) in [6, 6.07) is 9.66. The van der Waals surface area contributed by atoms with Crippen molar-refractivity contribution in [1.29, 1.82) is 0 Å². The van der Waals surface area contributed by atoms with Gasteiger partial charge in [-0.1, -0.05) is 83.6 Å². The summed E-state index contributed by atoms with van der Waals surface area (Å²) in [7, 11) is 0. The van der Waals surface area contributed by atoms with Crippen LogP contribution < -0.4 is 10.2 Å². The lowest BCUT2D eigenvalue weighted by Gasteiger charge is -2.30. The molecule has 3 aromatic rings. The molecule has 0 aliphatic rings. The Balaban J connectivity index is 1.81. The monoisotopic (exact) mass is 623 g/mol. The number of rotatable bonds is 19. The predicted octanol–water partition coefficient (Wildman–Crippen LogP) is 10.2. The van der Waals surface area contributed by atoms with E-state index in [1.807, 2.05) is 30.3 Å². The van der Waals surface area contributed by atoms with E-state index in [-0.39, 0.29) is 5.91 Å². The summed E-state index contributed by atoms with van der Waals surface area (Å²) < 4.78 is 6.74. The molecule has 0 spiro atoms. The van der Waals surface area contributed by atoms with E-state index in [0.717, 1.165) is 60.2 Å². The SMILES string of the molecule is CCCCC(CC)COC(O)c1ccc2nc(N=Nc3cc(C)c(N(CC)CC(CC)CCCC)cc3NC(C)=O)sc2c1. The first kappa shape index (κ1) is 35.6. The molecule has 0 saturated heterocycles. The number of carbonyl (C=O) groups is 1. The van der Waals surface area contributed by atoms with Crippen LogP contribution in [0.5, 0.6) is 0 Å². The zero-order valence-electron chi connectivity index (χ0n) is 27.9. The summed E-state index contributed by atoms with van der Waals surface area (Å²) in [5, 5.41) is 23.2. The van der Waals surface area contributed by atoms with Crippen molar-refractivity contribution in [2.45, 2.75) is 106 Å². The number of thiazole rings is 1. The fourth-order valence-electron chi connectivity index (χ4n) is 5.46. The number of azo groups is 1.